The van der Waals surface area contributed by atoms with Crippen LogP contribution in [0.1, 0.15) is 46.0 Å². The van der Waals surface area contributed by atoms with Gasteiger partial charge < -0.3 is 10.6 Å². The van der Waals surface area contributed by atoms with Crippen molar-refractivity contribution in [1.82, 2.24) is 10.6 Å². The van der Waals surface area contributed by atoms with Crippen LogP contribution in [0.2, 0.25) is 0 Å². The first kappa shape index (κ1) is 16.7. The molecule has 1 saturated carbocycles. The minimum Gasteiger partial charge on any atom is -0.353 e. The summed E-state index contributed by atoms with van der Waals surface area (Å²) in [5.41, 5.74) is 0. The van der Waals surface area contributed by atoms with Crippen molar-refractivity contribution in [2.45, 2.75) is 52.0 Å². The summed E-state index contributed by atoms with van der Waals surface area (Å²) in [6, 6.07) is 0.422. The van der Waals surface area contributed by atoms with Gasteiger partial charge in [-0.15, -0.1) is 12.4 Å². The molecule has 0 radical (unpaired) electrons. The van der Waals surface area contributed by atoms with Crippen LogP contribution in [0.5, 0.6) is 0 Å². The molecule has 0 heterocycles. The molecule has 1 fully saturated rings. The van der Waals surface area contributed by atoms with Gasteiger partial charge in [0, 0.05) is 19.0 Å². The summed E-state index contributed by atoms with van der Waals surface area (Å²) >= 11 is 0. The van der Waals surface area contributed by atoms with Crippen molar-refractivity contribution < 1.29 is 4.79 Å². The second kappa shape index (κ2) is 8.76. The third-order valence-corrected chi connectivity index (χ3v) is 3.62. The monoisotopic (exact) mass is 262 g/mol. The Morgan fingerprint density at radius 2 is 2.06 bits per heavy atom. The second-order valence-corrected chi connectivity index (χ2v) is 5.29. The molecule has 1 rings (SSSR count). The first-order valence-corrected chi connectivity index (χ1v) is 6.57. The fourth-order valence-electron chi connectivity index (χ4n) is 2.50. The van der Waals surface area contributed by atoms with Gasteiger partial charge in [-0.05, 0) is 31.7 Å². The molecule has 1 amide bonds. The zero-order chi connectivity index (χ0) is 12.0. The van der Waals surface area contributed by atoms with E-state index in [1.165, 1.54) is 19.3 Å². The van der Waals surface area contributed by atoms with Crippen molar-refractivity contribution in [1.29, 1.82) is 0 Å². The van der Waals surface area contributed by atoms with E-state index in [0.29, 0.717) is 12.5 Å². The van der Waals surface area contributed by atoms with E-state index < -0.39 is 0 Å². The van der Waals surface area contributed by atoms with Gasteiger partial charge in [-0.25, -0.2) is 0 Å². The topological polar surface area (TPSA) is 41.1 Å². The van der Waals surface area contributed by atoms with E-state index in [2.05, 4.69) is 24.5 Å². The van der Waals surface area contributed by atoms with Crippen LogP contribution in [0.4, 0.5) is 0 Å². The largest absolute Gasteiger partial charge is 0.353 e. The molecule has 17 heavy (non-hydrogen) atoms. The van der Waals surface area contributed by atoms with Crippen LogP contribution in [0.25, 0.3) is 0 Å². The molecule has 3 nitrogen and oxygen atoms in total. The number of nitrogens with one attached hydrogen (secondary N) is 2. The molecule has 0 spiro atoms. The predicted molar refractivity (Wildman–Crippen MR) is 74.5 cm³/mol. The van der Waals surface area contributed by atoms with Crippen molar-refractivity contribution in [3.8, 4) is 0 Å². The van der Waals surface area contributed by atoms with Gasteiger partial charge in [0.1, 0.15) is 0 Å². The molecule has 2 unspecified atom stereocenters. The molecular weight excluding hydrogens is 236 g/mol. The van der Waals surface area contributed by atoms with Crippen LogP contribution in [-0.2, 0) is 4.79 Å². The zero-order valence-corrected chi connectivity index (χ0v) is 12.1. The number of hydrogen-bond acceptors (Lipinski definition) is 2. The summed E-state index contributed by atoms with van der Waals surface area (Å²) in [6.07, 6.45) is 5.52. The molecule has 2 N–H and O–H groups in total. The molecule has 1 aliphatic carbocycles. The minimum absolute atomic E-state index is 0. The number of carbonyl (C=O) groups excluding carboxylic acids is 1. The summed E-state index contributed by atoms with van der Waals surface area (Å²) in [5, 5.41) is 6.16. The average molecular weight is 263 g/mol. The first-order valence-electron chi connectivity index (χ1n) is 6.57. The number of halogens is 1. The summed E-state index contributed by atoms with van der Waals surface area (Å²) in [6.45, 7) is 5.35. The van der Waals surface area contributed by atoms with Gasteiger partial charge in [-0.2, -0.15) is 0 Å². The van der Waals surface area contributed by atoms with Crippen molar-refractivity contribution >= 4 is 18.3 Å². The van der Waals surface area contributed by atoms with Gasteiger partial charge in [-0.1, -0.05) is 26.7 Å². The van der Waals surface area contributed by atoms with E-state index in [9.17, 15) is 4.79 Å². The van der Waals surface area contributed by atoms with Crippen molar-refractivity contribution in [2.24, 2.45) is 11.8 Å². The van der Waals surface area contributed by atoms with Crippen LogP contribution in [-0.4, -0.2) is 25.5 Å². The Morgan fingerprint density at radius 3 is 2.65 bits per heavy atom. The molecule has 4 heteroatoms. The molecule has 0 aliphatic heterocycles. The summed E-state index contributed by atoms with van der Waals surface area (Å²) in [7, 11) is 1.88. The Bertz CT molecular complexity index is 221. The van der Waals surface area contributed by atoms with Gasteiger partial charge in [0.05, 0.1) is 0 Å². The highest BCUT2D eigenvalue weighted by molar-refractivity contribution is 5.85. The van der Waals surface area contributed by atoms with Gasteiger partial charge in [0.25, 0.3) is 0 Å². The highest BCUT2D eigenvalue weighted by Crippen LogP contribution is 2.29. The fourth-order valence-corrected chi connectivity index (χ4v) is 2.50. The molecular formula is C13H27ClN2O. The van der Waals surface area contributed by atoms with E-state index in [0.717, 1.165) is 24.8 Å². The molecule has 0 saturated heterocycles. The maximum Gasteiger partial charge on any atom is 0.221 e. The third kappa shape index (κ3) is 6.27. The highest BCUT2D eigenvalue weighted by atomic mass is 35.5. The van der Waals surface area contributed by atoms with Gasteiger partial charge in [0.2, 0.25) is 5.91 Å². The zero-order valence-electron chi connectivity index (χ0n) is 11.3. The maximum atomic E-state index is 11.6. The lowest BCUT2D eigenvalue weighted by molar-refractivity contribution is -0.122. The smallest absolute Gasteiger partial charge is 0.221 e. The van der Waals surface area contributed by atoms with E-state index in [-0.39, 0.29) is 18.3 Å². The lowest BCUT2D eigenvalue weighted by Gasteiger charge is -2.32. The van der Waals surface area contributed by atoms with Gasteiger partial charge in [0.15, 0.2) is 0 Å². The molecule has 0 bridgehead atoms. The van der Waals surface area contributed by atoms with E-state index in [1.807, 2.05) is 7.05 Å². The summed E-state index contributed by atoms with van der Waals surface area (Å²) in [5.74, 6) is 1.74. The Kier molecular flexibility index (Phi) is 8.61. The van der Waals surface area contributed by atoms with Gasteiger partial charge >= 0.3 is 0 Å². The number of hydrogen-bond donors (Lipinski definition) is 2. The van der Waals surface area contributed by atoms with Crippen LogP contribution in [0, 0.1) is 11.8 Å². The Balaban J connectivity index is 0.00000256. The average Bonchev–Trinajstić information content (AvgIpc) is 2.26. The third-order valence-electron chi connectivity index (χ3n) is 3.62. The molecule has 2 atom stereocenters. The first-order chi connectivity index (χ1) is 7.63. The maximum absolute atomic E-state index is 11.6. The normalized spacial score (nSPS) is 24.2. The van der Waals surface area contributed by atoms with Crippen LogP contribution in [0.3, 0.4) is 0 Å². The molecule has 0 aromatic rings. The lowest BCUT2D eigenvalue weighted by Crippen LogP contribution is -2.40. The molecule has 1 aliphatic rings. The molecule has 0 aromatic carbocycles. The minimum atomic E-state index is 0. The summed E-state index contributed by atoms with van der Waals surface area (Å²) in [4.78, 5) is 11.6. The Labute approximate surface area is 112 Å². The predicted octanol–water partition coefficient (Wildman–Crippen LogP) is 2.35. The van der Waals surface area contributed by atoms with E-state index >= 15 is 0 Å². The lowest BCUT2D eigenvalue weighted by atomic mass is 9.79. The standard InChI is InChI=1S/C13H26N2O.ClH/c1-10(2)11-5-4-6-12(9-11)15-13(16)7-8-14-3;/h10-12,14H,4-9H2,1-3H3,(H,15,16);1H. The Hall–Kier alpha value is -0.280. The van der Waals surface area contributed by atoms with Crippen LogP contribution >= 0.6 is 12.4 Å². The van der Waals surface area contributed by atoms with Crippen molar-refractivity contribution in [3.05, 3.63) is 0 Å². The highest BCUT2D eigenvalue weighted by Gasteiger charge is 2.24. The van der Waals surface area contributed by atoms with Crippen molar-refractivity contribution in [3.63, 3.8) is 0 Å². The molecule has 102 valence electrons. The van der Waals surface area contributed by atoms with Gasteiger partial charge in [-0.3, -0.25) is 4.79 Å². The summed E-state index contributed by atoms with van der Waals surface area (Å²) < 4.78 is 0. The van der Waals surface area contributed by atoms with Crippen molar-refractivity contribution in [2.75, 3.05) is 13.6 Å². The number of rotatable bonds is 5. The fraction of sp³-hybridized carbons (Fsp3) is 0.923. The van der Waals surface area contributed by atoms with Crippen LogP contribution < -0.4 is 10.6 Å². The van der Waals surface area contributed by atoms with E-state index in [4.69, 9.17) is 0 Å². The SMILES string of the molecule is CNCCC(=O)NC1CCCC(C(C)C)C1.Cl. The van der Waals surface area contributed by atoms with E-state index in [1.54, 1.807) is 0 Å². The number of carbonyl (C=O) groups is 1. The quantitative estimate of drug-likeness (QED) is 0.799. The molecule has 0 aromatic heterocycles. The second-order valence-electron chi connectivity index (χ2n) is 5.29. The van der Waals surface area contributed by atoms with Crippen LogP contribution in [0.15, 0.2) is 0 Å². The Morgan fingerprint density at radius 1 is 1.35 bits per heavy atom. The number of amides is 1.